The van der Waals surface area contributed by atoms with Gasteiger partial charge in [0.05, 0.1) is 17.5 Å². The van der Waals surface area contributed by atoms with Crippen LogP contribution in [0, 0.1) is 18.8 Å². The average Bonchev–Trinajstić information content (AvgIpc) is 3.11. The van der Waals surface area contributed by atoms with E-state index in [0.29, 0.717) is 32.4 Å². The molecule has 1 aliphatic heterocycles. The largest absolute Gasteiger partial charge is 0.481 e. The van der Waals surface area contributed by atoms with Gasteiger partial charge in [0.25, 0.3) is 0 Å². The lowest BCUT2D eigenvalue weighted by atomic mass is 9.81. The Morgan fingerprint density at radius 2 is 1.97 bits per heavy atom. The molecule has 6 nitrogen and oxygen atoms in total. The van der Waals surface area contributed by atoms with Crippen molar-refractivity contribution in [1.29, 1.82) is 0 Å². The summed E-state index contributed by atoms with van der Waals surface area (Å²) in [6.45, 7) is 3.22. The third kappa shape index (κ3) is 4.70. The zero-order valence-corrected chi connectivity index (χ0v) is 17.2. The number of H-pyrrole nitrogens is 1. The number of carbonyl (C=O) groups is 2. The van der Waals surface area contributed by atoms with Gasteiger partial charge in [-0.15, -0.1) is 0 Å². The van der Waals surface area contributed by atoms with Crippen molar-refractivity contribution in [3.63, 3.8) is 0 Å². The van der Waals surface area contributed by atoms with Crippen LogP contribution in [0.25, 0.3) is 11.0 Å². The number of likely N-dealkylation sites (tertiary alicyclic amines) is 1. The number of hydrogen-bond donors (Lipinski definition) is 2. The number of aromatic nitrogens is 2. The average molecular weight is 405 g/mol. The van der Waals surface area contributed by atoms with Gasteiger partial charge in [0, 0.05) is 25.9 Å². The number of hydrogen-bond acceptors (Lipinski definition) is 3. The van der Waals surface area contributed by atoms with Gasteiger partial charge in [-0.2, -0.15) is 0 Å². The first-order valence-electron chi connectivity index (χ1n) is 10.5. The van der Waals surface area contributed by atoms with E-state index in [-0.39, 0.29) is 24.2 Å². The van der Waals surface area contributed by atoms with E-state index in [2.05, 4.69) is 11.1 Å². The zero-order valence-electron chi connectivity index (χ0n) is 17.2. The Kier molecular flexibility index (Phi) is 5.84. The Bertz CT molecular complexity index is 1040. The predicted octanol–water partition coefficient (Wildman–Crippen LogP) is 3.60. The Morgan fingerprint density at radius 3 is 2.73 bits per heavy atom. The van der Waals surface area contributed by atoms with E-state index in [4.69, 9.17) is 4.98 Å². The first-order valence-corrected chi connectivity index (χ1v) is 10.5. The highest BCUT2D eigenvalue weighted by Crippen LogP contribution is 2.30. The van der Waals surface area contributed by atoms with Gasteiger partial charge in [-0.1, -0.05) is 36.4 Å². The minimum Gasteiger partial charge on any atom is -0.481 e. The summed E-state index contributed by atoms with van der Waals surface area (Å²) in [6.07, 6.45) is 1.85. The number of imidazole rings is 1. The molecule has 1 aromatic heterocycles. The van der Waals surface area contributed by atoms with Crippen LogP contribution in [-0.4, -0.2) is 44.9 Å². The van der Waals surface area contributed by atoms with Crippen molar-refractivity contribution in [2.75, 3.05) is 13.1 Å². The molecule has 30 heavy (non-hydrogen) atoms. The van der Waals surface area contributed by atoms with Gasteiger partial charge in [0.2, 0.25) is 5.91 Å². The molecule has 2 N–H and O–H groups in total. The molecule has 4 rings (SSSR count). The first kappa shape index (κ1) is 20.1. The van der Waals surface area contributed by atoms with E-state index >= 15 is 0 Å². The molecule has 2 atom stereocenters. The predicted molar refractivity (Wildman–Crippen MR) is 115 cm³/mol. The zero-order chi connectivity index (χ0) is 21.1. The molecule has 0 radical (unpaired) electrons. The quantitative estimate of drug-likeness (QED) is 0.656. The lowest BCUT2D eigenvalue weighted by Crippen LogP contribution is -2.45. The molecule has 0 spiro atoms. The molecule has 6 heteroatoms. The summed E-state index contributed by atoms with van der Waals surface area (Å²) in [5, 5.41) is 9.36. The molecule has 0 unspecified atom stereocenters. The van der Waals surface area contributed by atoms with Crippen LogP contribution >= 0.6 is 0 Å². The minimum absolute atomic E-state index is 0.0400. The number of aliphatic carboxylic acids is 1. The lowest BCUT2D eigenvalue weighted by molar-refractivity contribution is -0.139. The summed E-state index contributed by atoms with van der Waals surface area (Å²) in [5.41, 5.74) is 4.07. The standard InChI is InChI=1S/C24H27N3O3/c1-16-7-8-20-21(11-16)26-22(25-20)13-19-15-27(10-9-18(19)14-24(29)30)23(28)12-17-5-3-2-4-6-17/h2-8,11,18-19H,9-10,12-15H2,1H3,(H,25,26)(H,29,30)/t18-,19-/m0/s1. The van der Waals surface area contributed by atoms with Crippen LogP contribution < -0.4 is 0 Å². The fourth-order valence-corrected chi connectivity index (χ4v) is 4.44. The van der Waals surface area contributed by atoms with E-state index < -0.39 is 5.97 Å². The van der Waals surface area contributed by atoms with Gasteiger partial charge in [-0.05, 0) is 48.4 Å². The molecule has 3 aromatic rings. The Labute approximate surface area is 175 Å². The lowest BCUT2D eigenvalue weighted by Gasteiger charge is -2.38. The summed E-state index contributed by atoms with van der Waals surface area (Å²) >= 11 is 0. The van der Waals surface area contributed by atoms with Crippen molar-refractivity contribution < 1.29 is 14.7 Å². The van der Waals surface area contributed by atoms with Crippen LogP contribution in [0.15, 0.2) is 48.5 Å². The third-order valence-electron chi connectivity index (χ3n) is 6.02. The molecule has 0 aliphatic carbocycles. The van der Waals surface area contributed by atoms with E-state index in [9.17, 15) is 14.7 Å². The van der Waals surface area contributed by atoms with E-state index in [1.807, 2.05) is 54.3 Å². The van der Waals surface area contributed by atoms with E-state index in [0.717, 1.165) is 28.0 Å². The molecule has 0 saturated carbocycles. The maximum atomic E-state index is 12.9. The van der Waals surface area contributed by atoms with Crippen LogP contribution in [0.5, 0.6) is 0 Å². The molecule has 1 amide bonds. The number of rotatable bonds is 6. The number of carbonyl (C=O) groups excluding carboxylic acids is 1. The Balaban J connectivity index is 1.50. The van der Waals surface area contributed by atoms with Gasteiger partial charge < -0.3 is 15.0 Å². The van der Waals surface area contributed by atoms with Gasteiger partial charge in [-0.3, -0.25) is 9.59 Å². The fourth-order valence-electron chi connectivity index (χ4n) is 4.44. The van der Waals surface area contributed by atoms with E-state index in [1.165, 1.54) is 0 Å². The van der Waals surface area contributed by atoms with Crippen LogP contribution in [0.1, 0.15) is 29.8 Å². The van der Waals surface area contributed by atoms with Gasteiger partial charge in [0.1, 0.15) is 5.82 Å². The summed E-state index contributed by atoms with van der Waals surface area (Å²) < 4.78 is 0. The second-order valence-corrected chi connectivity index (χ2v) is 8.32. The highest BCUT2D eigenvalue weighted by molar-refractivity contribution is 5.79. The number of benzene rings is 2. The molecule has 1 saturated heterocycles. The first-order chi connectivity index (χ1) is 14.5. The molecule has 2 heterocycles. The normalized spacial score (nSPS) is 19.2. The summed E-state index contributed by atoms with van der Waals surface area (Å²) in [7, 11) is 0. The summed E-state index contributed by atoms with van der Waals surface area (Å²) in [6, 6.07) is 15.8. The SMILES string of the molecule is Cc1ccc2nc(C[C@H]3CN(C(=O)Cc4ccccc4)CC[C@H]3CC(=O)O)[nH]c2c1. The maximum absolute atomic E-state index is 12.9. The maximum Gasteiger partial charge on any atom is 0.303 e. The summed E-state index contributed by atoms with van der Waals surface area (Å²) in [4.78, 5) is 34.2. The number of nitrogens with one attached hydrogen (secondary N) is 1. The number of fused-ring (bicyclic) bond motifs is 1. The highest BCUT2D eigenvalue weighted by Gasteiger charge is 2.33. The second kappa shape index (κ2) is 8.69. The number of aromatic amines is 1. The molecule has 2 aromatic carbocycles. The van der Waals surface area contributed by atoms with Crippen molar-refractivity contribution in [3.8, 4) is 0 Å². The topological polar surface area (TPSA) is 86.3 Å². The van der Waals surface area contributed by atoms with Crippen molar-refractivity contribution in [2.45, 2.75) is 32.6 Å². The van der Waals surface area contributed by atoms with Crippen LogP contribution in [0.2, 0.25) is 0 Å². The van der Waals surface area contributed by atoms with Crippen molar-refractivity contribution in [1.82, 2.24) is 14.9 Å². The second-order valence-electron chi connectivity index (χ2n) is 8.32. The van der Waals surface area contributed by atoms with Gasteiger partial charge in [0.15, 0.2) is 0 Å². The highest BCUT2D eigenvalue weighted by atomic mass is 16.4. The molecule has 1 fully saturated rings. The Morgan fingerprint density at radius 1 is 1.17 bits per heavy atom. The number of carboxylic acid groups (broad SMARTS) is 1. The van der Waals surface area contributed by atoms with Crippen molar-refractivity contribution in [3.05, 3.63) is 65.5 Å². The van der Waals surface area contributed by atoms with Gasteiger partial charge >= 0.3 is 5.97 Å². The fraction of sp³-hybridized carbons (Fsp3) is 0.375. The van der Waals surface area contributed by atoms with E-state index in [1.54, 1.807) is 0 Å². The van der Waals surface area contributed by atoms with Crippen molar-refractivity contribution in [2.24, 2.45) is 11.8 Å². The number of aryl methyl sites for hydroxylation is 1. The molecule has 156 valence electrons. The van der Waals surface area contributed by atoms with Crippen LogP contribution in [-0.2, 0) is 22.4 Å². The molecular weight excluding hydrogens is 378 g/mol. The molecule has 1 aliphatic rings. The number of amides is 1. The number of carboxylic acids is 1. The Hall–Kier alpha value is -3.15. The molecule has 0 bridgehead atoms. The summed E-state index contributed by atoms with van der Waals surface area (Å²) in [5.74, 6) is 0.275. The number of nitrogens with zero attached hydrogens (tertiary/aromatic N) is 2. The third-order valence-corrected chi connectivity index (χ3v) is 6.02. The number of piperidine rings is 1. The minimum atomic E-state index is -0.783. The molecular formula is C24H27N3O3. The van der Waals surface area contributed by atoms with Crippen LogP contribution in [0.3, 0.4) is 0 Å². The van der Waals surface area contributed by atoms with Crippen LogP contribution in [0.4, 0.5) is 0 Å². The smallest absolute Gasteiger partial charge is 0.303 e. The van der Waals surface area contributed by atoms with Gasteiger partial charge in [-0.25, -0.2) is 4.98 Å². The monoisotopic (exact) mass is 405 g/mol. The van der Waals surface area contributed by atoms with Crippen molar-refractivity contribution >= 4 is 22.9 Å².